The number of carbonyl (C=O) groups excluding carboxylic acids is 2. The molecular formula is C25H20F3N3O3S. The van der Waals surface area contributed by atoms with Crippen molar-refractivity contribution in [2.75, 3.05) is 29.6 Å². The van der Waals surface area contributed by atoms with Gasteiger partial charge in [-0.3, -0.25) is 9.69 Å². The number of hydrogen-bond donors (Lipinski definition) is 1. The first-order chi connectivity index (χ1) is 16.8. The van der Waals surface area contributed by atoms with Crippen LogP contribution < -0.4 is 15.0 Å². The lowest BCUT2D eigenvalue weighted by atomic mass is 10.1. The highest BCUT2D eigenvalue weighted by atomic mass is 32.2. The van der Waals surface area contributed by atoms with E-state index in [1.165, 1.54) is 59.0 Å². The molecule has 2 aliphatic heterocycles. The Labute approximate surface area is 203 Å². The van der Waals surface area contributed by atoms with Crippen LogP contribution in [0, 0.1) is 17.5 Å². The number of carbonyl (C=O) groups is 2. The lowest BCUT2D eigenvalue weighted by Gasteiger charge is -2.33. The van der Waals surface area contributed by atoms with Crippen molar-refractivity contribution >= 4 is 35.1 Å². The monoisotopic (exact) mass is 499 g/mol. The molecule has 6 nitrogen and oxygen atoms in total. The molecular weight excluding hydrogens is 479 g/mol. The molecule has 0 aromatic heterocycles. The van der Waals surface area contributed by atoms with Crippen LogP contribution in [-0.4, -0.2) is 36.2 Å². The minimum Gasteiger partial charge on any atom is -0.497 e. The van der Waals surface area contributed by atoms with Gasteiger partial charge in [-0.25, -0.2) is 18.0 Å². The Morgan fingerprint density at radius 2 is 1.83 bits per heavy atom. The summed E-state index contributed by atoms with van der Waals surface area (Å²) in [4.78, 5) is 28.9. The summed E-state index contributed by atoms with van der Waals surface area (Å²) in [5.74, 6) is -1.78. The van der Waals surface area contributed by atoms with E-state index in [0.29, 0.717) is 40.5 Å². The van der Waals surface area contributed by atoms with Crippen molar-refractivity contribution in [3.05, 3.63) is 89.2 Å². The van der Waals surface area contributed by atoms with Crippen molar-refractivity contribution < 1.29 is 27.5 Å². The normalized spacial score (nSPS) is 18.8. The maximum atomic E-state index is 14.0. The van der Waals surface area contributed by atoms with Gasteiger partial charge in [-0.2, -0.15) is 0 Å². The van der Waals surface area contributed by atoms with Gasteiger partial charge in [0.2, 0.25) is 0 Å². The number of amides is 3. The number of thioether (sulfide) groups is 1. The highest BCUT2D eigenvalue weighted by Gasteiger charge is 2.59. The second kappa shape index (κ2) is 8.84. The third-order valence-corrected chi connectivity index (χ3v) is 7.49. The molecule has 3 aromatic carbocycles. The van der Waals surface area contributed by atoms with E-state index < -0.39 is 28.4 Å². The first-order valence-electron chi connectivity index (χ1n) is 10.8. The van der Waals surface area contributed by atoms with Gasteiger partial charge in [-0.15, -0.1) is 11.8 Å². The number of halogens is 3. The van der Waals surface area contributed by atoms with Crippen molar-refractivity contribution in [3.8, 4) is 5.75 Å². The van der Waals surface area contributed by atoms with Crippen LogP contribution in [0.2, 0.25) is 0 Å². The highest BCUT2D eigenvalue weighted by Crippen LogP contribution is 2.55. The van der Waals surface area contributed by atoms with E-state index >= 15 is 0 Å². The summed E-state index contributed by atoms with van der Waals surface area (Å²) in [5, 5.41) is 2.73. The van der Waals surface area contributed by atoms with Crippen LogP contribution in [-0.2, 0) is 16.2 Å². The zero-order valence-corrected chi connectivity index (χ0v) is 19.4. The topological polar surface area (TPSA) is 61.9 Å². The summed E-state index contributed by atoms with van der Waals surface area (Å²) < 4.78 is 46.0. The lowest BCUT2D eigenvalue weighted by Crippen LogP contribution is -2.51. The summed E-state index contributed by atoms with van der Waals surface area (Å²) in [6.45, 7) is 0.282. The third-order valence-electron chi connectivity index (χ3n) is 6.07. The molecule has 180 valence electrons. The molecule has 2 aliphatic rings. The third kappa shape index (κ3) is 3.87. The Morgan fingerprint density at radius 1 is 1.06 bits per heavy atom. The first-order valence-corrected chi connectivity index (χ1v) is 11.7. The molecule has 1 saturated heterocycles. The molecule has 0 bridgehead atoms. The Bertz CT molecular complexity index is 1320. The molecule has 5 rings (SSSR count). The zero-order chi connectivity index (χ0) is 24.7. The number of nitrogens with zero attached hydrogens (tertiary/aromatic N) is 2. The molecule has 0 unspecified atom stereocenters. The number of hydrogen-bond acceptors (Lipinski definition) is 4. The minimum atomic E-state index is -1.37. The van der Waals surface area contributed by atoms with Crippen LogP contribution in [0.5, 0.6) is 5.75 Å². The standard InChI is InChI=1S/C25H20F3N3O3S/c1-34-18-7-9-22-19(13-18)25(23(32)30(22)14-15-2-8-20(27)21(28)12-15)31(10-11-35-25)24(33)29-17-5-3-16(26)4-6-17/h2-9,12-13H,10-11,14H2,1H3,(H,29,33)/t25-/m1/s1. The molecule has 1 spiro atoms. The number of fused-ring (bicyclic) bond motifs is 2. The number of methoxy groups -OCH3 is 1. The molecule has 1 fully saturated rings. The number of rotatable bonds is 4. The SMILES string of the molecule is COc1ccc2c(c1)[C@@]1(SCCN1C(=O)Nc1ccc(F)cc1)C(=O)N2Cc1ccc(F)c(F)c1. The van der Waals surface area contributed by atoms with Crippen LogP contribution in [0.3, 0.4) is 0 Å². The van der Waals surface area contributed by atoms with E-state index in [-0.39, 0.29) is 12.5 Å². The minimum absolute atomic E-state index is 0.00884. The predicted molar refractivity (Wildman–Crippen MR) is 127 cm³/mol. The van der Waals surface area contributed by atoms with Crippen molar-refractivity contribution in [1.82, 2.24) is 4.90 Å². The lowest BCUT2D eigenvalue weighted by molar-refractivity contribution is -0.123. The summed E-state index contributed by atoms with van der Waals surface area (Å²) in [5.41, 5.74) is 1.91. The molecule has 0 saturated carbocycles. The summed E-state index contributed by atoms with van der Waals surface area (Å²) in [6, 6.07) is 13.4. The van der Waals surface area contributed by atoms with Gasteiger partial charge >= 0.3 is 6.03 Å². The van der Waals surface area contributed by atoms with Gasteiger partial charge in [0.15, 0.2) is 16.5 Å². The molecule has 0 aliphatic carbocycles. The Balaban J connectivity index is 1.54. The van der Waals surface area contributed by atoms with E-state index in [9.17, 15) is 22.8 Å². The van der Waals surface area contributed by atoms with E-state index in [1.54, 1.807) is 18.2 Å². The van der Waals surface area contributed by atoms with Crippen LogP contribution in [0.25, 0.3) is 0 Å². The van der Waals surface area contributed by atoms with E-state index in [1.807, 2.05) is 0 Å². The quantitative estimate of drug-likeness (QED) is 0.543. The van der Waals surface area contributed by atoms with E-state index in [0.717, 1.165) is 12.1 Å². The Kier molecular flexibility index (Phi) is 5.84. The Hall–Kier alpha value is -3.66. The van der Waals surface area contributed by atoms with Gasteiger partial charge < -0.3 is 15.0 Å². The van der Waals surface area contributed by atoms with Crippen LogP contribution in [0.15, 0.2) is 60.7 Å². The van der Waals surface area contributed by atoms with Gasteiger partial charge in [0.25, 0.3) is 5.91 Å². The summed E-state index contributed by atoms with van der Waals surface area (Å²) >= 11 is 1.32. The molecule has 2 heterocycles. The van der Waals surface area contributed by atoms with Crippen LogP contribution >= 0.6 is 11.8 Å². The fourth-order valence-corrected chi connectivity index (χ4v) is 5.88. The van der Waals surface area contributed by atoms with E-state index in [2.05, 4.69) is 5.32 Å². The molecule has 1 atom stereocenters. The van der Waals surface area contributed by atoms with Gasteiger partial charge in [-0.05, 0) is 60.2 Å². The molecule has 1 N–H and O–H groups in total. The van der Waals surface area contributed by atoms with Crippen molar-refractivity contribution in [2.24, 2.45) is 0 Å². The average molecular weight is 500 g/mol. The maximum absolute atomic E-state index is 14.0. The zero-order valence-electron chi connectivity index (χ0n) is 18.6. The van der Waals surface area contributed by atoms with Gasteiger partial charge in [0.05, 0.1) is 19.3 Å². The predicted octanol–water partition coefficient (Wildman–Crippen LogP) is 5.09. The molecule has 3 aromatic rings. The fourth-order valence-electron chi connectivity index (χ4n) is 4.42. The second-order valence-corrected chi connectivity index (χ2v) is 9.39. The Morgan fingerprint density at radius 3 is 2.54 bits per heavy atom. The average Bonchev–Trinajstić information content (AvgIpc) is 3.40. The van der Waals surface area contributed by atoms with Crippen molar-refractivity contribution in [3.63, 3.8) is 0 Å². The number of ether oxygens (including phenoxy) is 1. The van der Waals surface area contributed by atoms with Gasteiger partial charge in [0, 0.05) is 23.5 Å². The summed E-state index contributed by atoms with van der Waals surface area (Å²) in [7, 11) is 1.50. The number of benzene rings is 3. The molecule has 10 heteroatoms. The van der Waals surface area contributed by atoms with E-state index in [4.69, 9.17) is 4.74 Å². The fraction of sp³-hybridized carbons (Fsp3) is 0.200. The number of urea groups is 1. The maximum Gasteiger partial charge on any atom is 0.323 e. The largest absolute Gasteiger partial charge is 0.497 e. The smallest absolute Gasteiger partial charge is 0.323 e. The van der Waals surface area contributed by atoms with Gasteiger partial charge in [0.1, 0.15) is 11.6 Å². The first kappa shape index (κ1) is 23.1. The second-order valence-electron chi connectivity index (χ2n) is 8.10. The van der Waals surface area contributed by atoms with Crippen LogP contribution in [0.4, 0.5) is 29.3 Å². The molecule has 0 radical (unpaired) electrons. The molecule has 35 heavy (non-hydrogen) atoms. The van der Waals surface area contributed by atoms with Crippen molar-refractivity contribution in [1.29, 1.82) is 0 Å². The number of anilines is 2. The van der Waals surface area contributed by atoms with Crippen LogP contribution in [0.1, 0.15) is 11.1 Å². The highest BCUT2D eigenvalue weighted by molar-refractivity contribution is 8.01. The summed E-state index contributed by atoms with van der Waals surface area (Å²) in [6.07, 6.45) is 0. The number of nitrogens with one attached hydrogen (secondary N) is 1. The molecule has 3 amide bonds. The van der Waals surface area contributed by atoms with Crippen molar-refractivity contribution in [2.45, 2.75) is 11.4 Å². The van der Waals surface area contributed by atoms with Gasteiger partial charge in [-0.1, -0.05) is 6.07 Å².